The molecule has 2 heterocycles. The van der Waals surface area contributed by atoms with Crippen molar-refractivity contribution < 1.29 is 0 Å². The van der Waals surface area contributed by atoms with Gasteiger partial charge in [-0.3, -0.25) is 0 Å². The highest BCUT2D eigenvalue weighted by Gasteiger charge is 2.27. The SMILES string of the molecule is CCNC(=S)C(C(=S)NCC)=C(N1CCCCC1)N1CCCCC1. The Balaban J connectivity index is 2.42. The molecule has 0 aromatic carbocycles. The Bertz CT molecular complexity index is 424. The fraction of sp³-hybridized carbons (Fsp3) is 0.778. The van der Waals surface area contributed by atoms with E-state index in [0.717, 1.165) is 54.8 Å². The molecule has 4 nitrogen and oxygen atoms in total. The van der Waals surface area contributed by atoms with Gasteiger partial charge in [0.25, 0.3) is 0 Å². The van der Waals surface area contributed by atoms with Crippen molar-refractivity contribution in [2.75, 3.05) is 39.3 Å². The standard InChI is InChI=1S/C18H32N4S2/c1-3-19-16(23)15(17(24)20-4-2)18(21-11-7-5-8-12-21)22-13-9-6-10-14-22/h3-14H2,1-2H3,(H,19,23)(H,20,24). The minimum Gasteiger partial charge on any atom is -0.376 e. The molecule has 24 heavy (non-hydrogen) atoms. The Morgan fingerprint density at radius 2 is 1.08 bits per heavy atom. The number of hydrogen-bond acceptors (Lipinski definition) is 4. The van der Waals surface area contributed by atoms with Gasteiger partial charge in [0.2, 0.25) is 0 Å². The molecule has 2 aliphatic heterocycles. The van der Waals surface area contributed by atoms with E-state index < -0.39 is 0 Å². The fourth-order valence-corrected chi connectivity index (χ4v) is 4.27. The zero-order chi connectivity index (χ0) is 17.4. The van der Waals surface area contributed by atoms with E-state index in [0.29, 0.717) is 0 Å². The van der Waals surface area contributed by atoms with E-state index in [2.05, 4.69) is 34.3 Å². The summed E-state index contributed by atoms with van der Waals surface area (Å²) in [5.74, 6) is 1.27. The zero-order valence-corrected chi connectivity index (χ0v) is 16.8. The van der Waals surface area contributed by atoms with E-state index in [1.54, 1.807) is 0 Å². The summed E-state index contributed by atoms with van der Waals surface area (Å²) in [4.78, 5) is 6.62. The molecule has 0 radical (unpaired) electrons. The first kappa shape index (κ1) is 19.4. The van der Waals surface area contributed by atoms with Crippen molar-refractivity contribution in [2.45, 2.75) is 52.4 Å². The summed E-state index contributed by atoms with van der Waals surface area (Å²) in [5.41, 5.74) is 1.03. The van der Waals surface area contributed by atoms with Crippen molar-refractivity contribution in [3.63, 3.8) is 0 Å². The maximum Gasteiger partial charge on any atom is 0.117 e. The number of thiocarbonyl (C=S) groups is 2. The molecule has 2 aliphatic rings. The Morgan fingerprint density at radius 1 is 0.708 bits per heavy atom. The summed E-state index contributed by atoms with van der Waals surface area (Å²) in [6.45, 7) is 10.3. The maximum absolute atomic E-state index is 5.73. The minimum absolute atomic E-state index is 0.787. The molecule has 2 saturated heterocycles. The van der Waals surface area contributed by atoms with Crippen LogP contribution in [-0.2, 0) is 0 Å². The maximum atomic E-state index is 5.73. The molecular weight excluding hydrogens is 336 g/mol. The minimum atomic E-state index is 0.787. The van der Waals surface area contributed by atoms with Crippen LogP contribution in [0.5, 0.6) is 0 Å². The van der Waals surface area contributed by atoms with Gasteiger partial charge in [-0.2, -0.15) is 0 Å². The second-order valence-electron chi connectivity index (χ2n) is 6.51. The third kappa shape index (κ3) is 5.06. The Labute approximate surface area is 158 Å². The lowest BCUT2D eigenvalue weighted by atomic mass is 10.1. The Hall–Kier alpha value is -0.880. The van der Waals surface area contributed by atoms with Gasteiger partial charge in [0.1, 0.15) is 15.8 Å². The lowest BCUT2D eigenvalue weighted by Gasteiger charge is -2.41. The number of likely N-dealkylation sites (tertiary alicyclic amines) is 2. The summed E-state index contributed by atoms with van der Waals surface area (Å²) in [6.07, 6.45) is 7.68. The Morgan fingerprint density at radius 3 is 1.42 bits per heavy atom. The summed E-state index contributed by atoms with van der Waals surface area (Å²) in [5, 5.41) is 6.67. The van der Waals surface area contributed by atoms with Crippen LogP contribution in [0.1, 0.15) is 52.4 Å². The lowest BCUT2D eigenvalue weighted by molar-refractivity contribution is 0.166. The Kier molecular flexibility index (Phi) is 8.25. The van der Waals surface area contributed by atoms with Crippen LogP contribution in [0.15, 0.2) is 11.4 Å². The van der Waals surface area contributed by atoms with E-state index >= 15 is 0 Å². The van der Waals surface area contributed by atoms with E-state index in [-0.39, 0.29) is 0 Å². The van der Waals surface area contributed by atoms with Crippen LogP contribution in [0.2, 0.25) is 0 Å². The van der Waals surface area contributed by atoms with Crippen LogP contribution in [0, 0.1) is 0 Å². The molecule has 2 rings (SSSR count). The van der Waals surface area contributed by atoms with Gasteiger partial charge in [-0.05, 0) is 52.4 Å². The van der Waals surface area contributed by atoms with Crippen molar-refractivity contribution >= 4 is 34.4 Å². The van der Waals surface area contributed by atoms with Gasteiger partial charge in [-0.25, -0.2) is 0 Å². The van der Waals surface area contributed by atoms with Gasteiger partial charge < -0.3 is 20.4 Å². The van der Waals surface area contributed by atoms with Gasteiger partial charge >= 0.3 is 0 Å². The highest BCUT2D eigenvalue weighted by atomic mass is 32.1. The lowest BCUT2D eigenvalue weighted by Crippen LogP contribution is -2.45. The number of likely N-dealkylation sites (N-methyl/N-ethyl adjacent to an activating group) is 2. The molecule has 0 aromatic heterocycles. The first-order valence-corrected chi connectivity index (χ1v) is 10.3. The average Bonchev–Trinajstić information content (AvgIpc) is 2.61. The van der Waals surface area contributed by atoms with Gasteiger partial charge in [-0.1, -0.05) is 24.4 Å². The van der Waals surface area contributed by atoms with Crippen LogP contribution in [0.3, 0.4) is 0 Å². The third-order valence-electron chi connectivity index (χ3n) is 4.66. The topological polar surface area (TPSA) is 30.5 Å². The molecule has 0 aromatic rings. The van der Waals surface area contributed by atoms with Crippen LogP contribution in [0.25, 0.3) is 0 Å². The van der Waals surface area contributed by atoms with E-state index in [1.807, 2.05) is 0 Å². The van der Waals surface area contributed by atoms with E-state index in [9.17, 15) is 0 Å². The number of rotatable bonds is 6. The van der Waals surface area contributed by atoms with Crippen molar-refractivity contribution in [3.05, 3.63) is 11.4 Å². The van der Waals surface area contributed by atoms with Crippen LogP contribution in [-0.4, -0.2) is 59.0 Å². The smallest absolute Gasteiger partial charge is 0.117 e. The zero-order valence-electron chi connectivity index (χ0n) is 15.2. The summed E-state index contributed by atoms with van der Waals surface area (Å²) in [6, 6.07) is 0. The van der Waals surface area contributed by atoms with Gasteiger partial charge in [-0.15, -0.1) is 0 Å². The molecule has 136 valence electrons. The molecule has 0 spiro atoms. The molecule has 0 saturated carbocycles. The van der Waals surface area contributed by atoms with Gasteiger partial charge in [0.05, 0.1) is 5.57 Å². The highest BCUT2D eigenvalue weighted by Crippen LogP contribution is 2.25. The van der Waals surface area contributed by atoms with Crippen molar-refractivity contribution in [1.82, 2.24) is 20.4 Å². The molecule has 0 unspecified atom stereocenters. The molecular formula is C18H32N4S2. The van der Waals surface area contributed by atoms with Gasteiger partial charge in [0, 0.05) is 39.3 Å². The molecule has 6 heteroatoms. The summed E-state index contributed by atoms with van der Waals surface area (Å²) < 4.78 is 0. The molecule has 0 amide bonds. The monoisotopic (exact) mass is 368 g/mol. The fourth-order valence-electron chi connectivity index (χ4n) is 3.53. The van der Waals surface area contributed by atoms with Crippen molar-refractivity contribution in [1.29, 1.82) is 0 Å². The van der Waals surface area contributed by atoms with Crippen molar-refractivity contribution in [2.24, 2.45) is 0 Å². The molecule has 2 N–H and O–H groups in total. The second kappa shape index (κ2) is 10.2. The number of nitrogens with zero attached hydrogens (tertiary/aromatic N) is 2. The quantitative estimate of drug-likeness (QED) is 0.553. The first-order valence-electron chi connectivity index (χ1n) is 9.49. The van der Waals surface area contributed by atoms with Crippen LogP contribution >= 0.6 is 24.4 Å². The second-order valence-corrected chi connectivity index (χ2v) is 7.33. The van der Waals surface area contributed by atoms with Crippen LogP contribution < -0.4 is 10.6 Å². The predicted octanol–water partition coefficient (Wildman–Crippen LogP) is 3.04. The molecule has 0 aliphatic carbocycles. The van der Waals surface area contributed by atoms with E-state index in [1.165, 1.54) is 44.3 Å². The normalized spacial score (nSPS) is 18.1. The highest BCUT2D eigenvalue weighted by molar-refractivity contribution is 7.83. The van der Waals surface area contributed by atoms with E-state index in [4.69, 9.17) is 24.4 Å². The third-order valence-corrected chi connectivity index (χ3v) is 5.36. The number of piperidine rings is 2. The predicted molar refractivity (Wildman–Crippen MR) is 110 cm³/mol. The largest absolute Gasteiger partial charge is 0.376 e. The molecule has 2 fully saturated rings. The molecule has 0 atom stereocenters. The number of nitrogens with one attached hydrogen (secondary N) is 2. The van der Waals surface area contributed by atoms with Crippen LogP contribution in [0.4, 0.5) is 0 Å². The average molecular weight is 369 g/mol. The number of hydrogen-bond donors (Lipinski definition) is 2. The van der Waals surface area contributed by atoms with Crippen molar-refractivity contribution in [3.8, 4) is 0 Å². The summed E-state index contributed by atoms with van der Waals surface area (Å²) in [7, 11) is 0. The summed E-state index contributed by atoms with van der Waals surface area (Å²) >= 11 is 11.5. The van der Waals surface area contributed by atoms with Gasteiger partial charge in [0.15, 0.2) is 0 Å². The first-order chi connectivity index (χ1) is 11.7. The molecule has 0 bridgehead atoms.